The van der Waals surface area contributed by atoms with Gasteiger partial charge >= 0.3 is 5.97 Å². The van der Waals surface area contributed by atoms with E-state index in [1.165, 1.54) is 6.08 Å². The van der Waals surface area contributed by atoms with Crippen LogP contribution in [0, 0.1) is 5.92 Å². The first-order valence-electron chi connectivity index (χ1n) is 9.66. The number of halogens is 1. The number of imide groups is 1. The summed E-state index contributed by atoms with van der Waals surface area (Å²) in [5.74, 6) is -4.33. The SMILES string of the molecule is CCC(C(=O)O)C(=O)/C(=C/c1ccccc1Cl)OCCN1C(=O)c2ccccc2C1=O. The Labute approximate surface area is 183 Å². The maximum absolute atomic E-state index is 12.8. The minimum Gasteiger partial charge on any atom is -0.488 e. The molecule has 31 heavy (non-hydrogen) atoms. The topological polar surface area (TPSA) is 101 Å². The van der Waals surface area contributed by atoms with E-state index in [4.69, 9.17) is 16.3 Å². The van der Waals surface area contributed by atoms with Crippen LogP contribution in [-0.4, -0.2) is 46.7 Å². The third-order valence-corrected chi connectivity index (χ3v) is 5.25. The van der Waals surface area contributed by atoms with Crippen LogP contribution < -0.4 is 0 Å². The number of ketones is 1. The number of aliphatic carboxylic acids is 1. The Balaban J connectivity index is 1.79. The van der Waals surface area contributed by atoms with Crippen LogP contribution in [0.15, 0.2) is 54.3 Å². The van der Waals surface area contributed by atoms with Crippen molar-refractivity contribution in [2.75, 3.05) is 13.2 Å². The van der Waals surface area contributed by atoms with Gasteiger partial charge in [-0.2, -0.15) is 0 Å². The quantitative estimate of drug-likeness (QED) is 0.276. The normalized spacial score (nSPS) is 14.4. The summed E-state index contributed by atoms with van der Waals surface area (Å²) in [5.41, 5.74) is 1.10. The average Bonchev–Trinajstić information content (AvgIpc) is 2.99. The van der Waals surface area contributed by atoms with E-state index >= 15 is 0 Å². The highest BCUT2D eigenvalue weighted by Gasteiger charge is 2.35. The fourth-order valence-electron chi connectivity index (χ4n) is 3.25. The number of allylic oxidation sites excluding steroid dienone is 1. The summed E-state index contributed by atoms with van der Waals surface area (Å²) >= 11 is 6.15. The third kappa shape index (κ3) is 4.67. The standard InChI is InChI=1S/C23H20ClNO6/c1-2-15(23(29)30)20(26)19(13-14-7-3-6-10-18(14)24)31-12-11-25-21(27)16-8-4-5-9-17(16)22(25)28/h3-10,13,15H,2,11-12H2,1H3,(H,29,30)/b19-13-. The molecule has 0 aliphatic carbocycles. The van der Waals surface area contributed by atoms with Gasteiger partial charge in [0, 0.05) is 5.02 Å². The number of hydrogen-bond acceptors (Lipinski definition) is 5. The number of carboxylic acid groups (broad SMARTS) is 1. The molecule has 1 aliphatic heterocycles. The molecule has 1 heterocycles. The maximum Gasteiger partial charge on any atom is 0.314 e. The van der Waals surface area contributed by atoms with E-state index in [9.17, 15) is 24.3 Å². The van der Waals surface area contributed by atoms with Crippen molar-refractivity contribution in [3.63, 3.8) is 0 Å². The first kappa shape index (κ1) is 22.2. The van der Waals surface area contributed by atoms with Gasteiger partial charge in [-0.15, -0.1) is 0 Å². The maximum atomic E-state index is 12.8. The van der Waals surface area contributed by atoms with E-state index in [0.29, 0.717) is 21.7 Å². The molecule has 2 aromatic rings. The number of benzene rings is 2. The van der Waals surface area contributed by atoms with Gasteiger partial charge in [0.25, 0.3) is 11.8 Å². The fourth-order valence-corrected chi connectivity index (χ4v) is 3.44. The monoisotopic (exact) mass is 441 g/mol. The molecular formula is C23H20ClNO6. The highest BCUT2D eigenvalue weighted by molar-refractivity contribution is 6.32. The molecule has 1 unspecified atom stereocenters. The molecule has 1 aliphatic rings. The molecule has 0 spiro atoms. The number of carbonyl (C=O) groups is 4. The minimum atomic E-state index is -1.28. The van der Waals surface area contributed by atoms with Gasteiger partial charge < -0.3 is 9.84 Å². The molecule has 7 nitrogen and oxygen atoms in total. The Kier molecular flexibility index (Phi) is 6.87. The Bertz CT molecular complexity index is 1040. The summed E-state index contributed by atoms with van der Waals surface area (Å²) < 4.78 is 5.60. The van der Waals surface area contributed by atoms with E-state index in [-0.39, 0.29) is 25.3 Å². The zero-order valence-corrected chi connectivity index (χ0v) is 17.5. The van der Waals surface area contributed by atoms with Gasteiger partial charge in [0.15, 0.2) is 5.76 Å². The average molecular weight is 442 g/mol. The Hall–Kier alpha value is -3.45. The molecule has 0 saturated heterocycles. The van der Waals surface area contributed by atoms with Crippen molar-refractivity contribution in [1.82, 2.24) is 4.90 Å². The Morgan fingerprint density at radius 1 is 1.06 bits per heavy atom. The molecule has 2 aromatic carbocycles. The largest absolute Gasteiger partial charge is 0.488 e. The number of fused-ring (bicyclic) bond motifs is 1. The second-order valence-electron chi connectivity index (χ2n) is 6.85. The molecule has 0 bridgehead atoms. The van der Waals surface area contributed by atoms with Gasteiger partial charge in [-0.25, -0.2) is 0 Å². The molecule has 1 atom stereocenters. The van der Waals surface area contributed by atoms with Crippen molar-refractivity contribution in [3.8, 4) is 0 Å². The van der Waals surface area contributed by atoms with Crippen LogP contribution in [0.2, 0.25) is 5.02 Å². The summed E-state index contributed by atoms with van der Waals surface area (Å²) in [7, 11) is 0. The lowest BCUT2D eigenvalue weighted by Gasteiger charge is -2.17. The molecule has 3 rings (SSSR count). The predicted molar refractivity (Wildman–Crippen MR) is 114 cm³/mol. The van der Waals surface area contributed by atoms with Crippen LogP contribution in [0.1, 0.15) is 39.6 Å². The van der Waals surface area contributed by atoms with Crippen molar-refractivity contribution in [2.45, 2.75) is 13.3 Å². The highest BCUT2D eigenvalue weighted by atomic mass is 35.5. The molecule has 1 N–H and O–H groups in total. The number of Topliss-reactive ketones (excluding diaryl/α,β-unsaturated/α-hetero) is 1. The van der Waals surface area contributed by atoms with Gasteiger partial charge in [-0.05, 0) is 36.3 Å². The summed E-state index contributed by atoms with van der Waals surface area (Å²) in [6.07, 6.45) is 1.45. The first-order valence-corrected chi connectivity index (χ1v) is 10.0. The molecule has 0 aromatic heterocycles. The van der Waals surface area contributed by atoms with E-state index < -0.39 is 29.5 Å². The van der Waals surface area contributed by atoms with E-state index in [2.05, 4.69) is 0 Å². The third-order valence-electron chi connectivity index (χ3n) is 4.91. The summed E-state index contributed by atoms with van der Waals surface area (Å²) in [6.45, 7) is 1.31. The van der Waals surface area contributed by atoms with Crippen molar-refractivity contribution in [3.05, 3.63) is 76.0 Å². The van der Waals surface area contributed by atoms with E-state index in [1.807, 2.05) is 0 Å². The molecule has 8 heteroatoms. The summed E-state index contributed by atoms with van der Waals surface area (Å²) in [6, 6.07) is 13.2. The number of carbonyl (C=O) groups excluding carboxylic acids is 3. The van der Waals surface area contributed by atoms with Crippen LogP contribution in [0.25, 0.3) is 6.08 Å². The van der Waals surface area contributed by atoms with Crippen LogP contribution >= 0.6 is 11.6 Å². The van der Waals surface area contributed by atoms with Gasteiger partial charge in [-0.3, -0.25) is 24.1 Å². The lowest BCUT2D eigenvalue weighted by molar-refractivity contribution is -0.146. The van der Waals surface area contributed by atoms with Gasteiger partial charge in [-0.1, -0.05) is 48.9 Å². The molecule has 0 radical (unpaired) electrons. The fraction of sp³-hybridized carbons (Fsp3) is 0.217. The number of nitrogens with zero attached hydrogens (tertiary/aromatic N) is 1. The van der Waals surface area contributed by atoms with E-state index in [0.717, 1.165) is 4.90 Å². The second kappa shape index (κ2) is 9.57. The number of ether oxygens (including phenoxy) is 1. The Morgan fingerprint density at radius 3 is 2.19 bits per heavy atom. The minimum absolute atomic E-state index is 0.0792. The smallest absolute Gasteiger partial charge is 0.314 e. The number of amides is 2. The zero-order chi connectivity index (χ0) is 22.5. The van der Waals surface area contributed by atoms with Crippen LogP contribution in [0.4, 0.5) is 0 Å². The molecule has 2 amide bonds. The van der Waals surface area contributed by atoms with Crippen molar-refractivity contribution < 1.29 is 29.0 Å². The predicted octanol–water partition coefficient (Wildman–Crippen LogP) is 3.67. The zero-order valence-electron chi connectivity index (χ0n) is 16.7. The number of rotatable bonds is 9. The Morgan fingerprint density at radius 2 is 1.65 bits per heavy atom. The van der Waals surface area contributed by atoms with Crippen LogP contribution in [-0.2, 0) is 14.3 Å². The molecule has 0 saturated carbocycles. The number of hydrogen-bond donors (Lipinski definition) is 1. The lowest BCUT2D eigenvalue weighted by atomic mass is 9.99. The van der Waals surface area contributed by atoms with Gasteiger partial charge in [0.05, 0.1) is 17.7 Å². The van der Waals surface area contributed by atoms with Crippen molar-refractivity contribution >= 4 is 41.2 Å². The van der Waals surface area contributed by atoms with Crippen molar-refractivity contribution in [1.29, 1.82) is 0 Å². The lowest BCUT2D eigenvalue weighted by Crippen LogP contribution is -2.33. The van der Waals surface area contributed by atoms with Crippen LogP contribution in [0.5, 0.6) is 0 Å². The van der Waals surface area contributed by atoms with Crippen LogP contribution in [0.3, 0.4) is 0 Å². The highest BCUT2D eigenvalue weighted by Crippen LogP contribution is 2.24. The molecular weight excluding hydrogens is 422 g/mol. The summed E-state index contributed by atoms with van der Waals surface area (Å²) in [5, 5.41) is 9.71. The van der Waals surface area contributed by atoms with Gasteiger partial charge in [0.2, 0.25) is 5.78 Å². The molecule has 160 valence electrons. The first-order chi connectivity index (χ1) is 14.8. The molecule has 0 fully saturated rings. The summed E-state index contributed by atoms with van der Waals surface area (Å²) in [4.78, 5) is 50.2. The van der Waals surface area contributed by atoms with Crippen molar-refractivity contribution in [2.24, 2.45) is 5.92 Å². The second-order valence-corrected chi connectivity index (χ2v) is 7.26. The van der Waals surface area contributed by atoms with E-state index in [1.54, 1.807) is 55.5 Å². The number of carboxylic acids is 1. The van der Waals surface area contributed by atoms with Gasteiger partial charge in [0.1, 0.15) is 12.5 Å².